The summed E-state index contributed by atoms with van der Waals surface area (Å²) in [4.78, 5) is 12.2. The first kappa shape index (κ1) is 16.4. The average molecular weight is 389 g/mol. The van der Waals surface area contributed by atoms with Gasteiger partial charge in [-0.25, -0.2) is 4.79 Å². The third-order valence-electron chi connectivity index (χ3n) is 3.76. The van der Waals surface area contributed by atoms with Crippen molar-refractivity contribution in [3.8, 4) is 11.4 Å². The van der Waals surface area contributed by atoms with Crippen LogP contribution in [0.4, 0.5) is 0 Å². The van der Waals surface area contributed by atoms with Gasteiger partial charge in [0.15, 0.2) is 0 Å². The quantitative estimate of drug-likeness (QED) is 0.689. The third kappa shape index (κ3) is 3.12. The molecule has 3 aromatic rings. The van der Waals surface area contributed by atoms with Gasteiger partial charge in [-0.05, 0) is 53.6 Å². The fraction of sp³-hybridized carbons (Fsp3) is 0.235. The number of tetrazole rings is 1. The van der Waals surface area contributed by atoms with Gasteiger partial charge in [-0.1, -0.05) is 34.1 Å². The van der Waals surface area contributed by atoms with Crippen molar-refractivity contribution < 1.29 is 4.74 Å². The zero-order valence-corrected chi connectivity index (χ0v) is 15.2. The minimum Gasteiger partial charge on any atom is -0.489 e. The summed E-state index contributed by atoms with van der Waals surface area (Å²) >= 11 is 3.53. The van der Waals surface area contributed by atoms with Crippen LogP contribution in [0.5, 0.6) is 5.75 Å². The van der Waals surface area contributed by atoms with Crippen LogP contribution in [0.15, 0.2) is 45.7 Å². The lowest BCUT2D eigenvalue weighted by Gasteiger charge is -2.14. The number of aromatic nitrogens is 4. The van der Waals surface area contributed by atoms with Crippen LogP contribution < -0.4 is 10.4 Å². The highest BCUT2D eigenvalue weighted by Crippen LogP contribution is 2.26. The molecule has 6 nitrogen and oxygen atoms in total. The van der Waals surface area contributed by atoms with Gasteiger partial charge in [-0.3, -0.25) is 0 Å². The topological polar surface area (TPSA) is 61.9 Å². The molecule has 2 aromatic carbocycles. The van der Waals surface area contributed by atoms with Crippen LogP contribution in [0.2, 0.25) is 0 Å². The van der Waals surface area contributed by atoms with E-state index in [0.29, 0.717) is 12.3 Å². The van der Waals surface area contributed by atoms with E-state index in [9.17, 15) is 4.79 Å². The highest BCUT2D eigenvalue weighted by molar-refractivity contribution is 9.10. The summed E-state index contributed by atoms with van der Waals surface area (Å²) in [5, 5.41) is 7.68. The molecule has 3 rings (SSSR count). The molecular formula is C17H17BrN4O2. The second-order valence-electron chi connectivity index (χ2n) is 5.59. The predicted octanol–water partition coefficient (Wildman–Crippen LogP) is 2.92. The van der Waals surface area contributed by atoms with Gasteiger partial charge in [0, 0.05) is 17.1 Å². The summed E-state index contributed by atoms with van der Waals surface area (Å²) in [6, 6.07) is 11.7. The summed E-state index contributed by atoms with van der Waals surface area (Å²) in [7, 11) is 1.57. The number of benzene rings is 2. The lowest BCUT2D eigenvalue weighted by atomic mass is 10.1. The maximum atomic E-state index is 12.2. The first-order valence-corrected chi connectivity index (χ1v) is 8.23. The molecule has 0 unspecified atom stereocenters. The molecule has 0 atom stereocenters. The van der Waals surface area contributed by atoms with E-state index in [2.05, 4.69) is 26.4 Å². The normalized spacial score (nSPS) is 10.8. The molecular weight excluding hydrogens is 372 g/mol. The SMILES string of the molecule is Cc1ccc(C)c(OCc2c(Br)cccc2-n2nnn(C)c2=O)c1. The van der Waals surface area contributed by atoms with Crippen LogP contribution in [0.1, 0.15) is 16.7 Å². The summed E-state index contributed by atoms with van der Waals surface area (Å²) < 4.78 is 9.30. The molecule has 0 aliphatic carbocycles. The second kappa shape index (κ2) is 6.60. The van der Waals surface area contributed by atoms with Crippen molar-refractivity contribution in [3.05, 3.63) is 68.0 Å². The summed E-state index contributed by atoms with van der Waals surface area (Å²) in [5.74, 6) is 0.822. The van der Waals surface area contributed by atoms with Gasteiger partial charge in [0.1, 0.15) is 12.4 Å². The van der Waals surface area contributed by atoms with Gasteiger partial charge in [-0.2, -0.15) is 9.36 Å². The van der Waals surface area contributed by atoms with Crippen LogP contribution in [0.25, 0.3) is 5.69 Å². The smallest absolute Gasteiger partial charge is 0.368 e. The van der Waals surface area contributed by atoms with Crippen molar-refractivity contribution in [1.82, 2.24) is 19.8 Å². The maximum absolute atomic E-state index is 12.2. The van der Waals surface area contributed by atoms with E-state index in [1.54, 1.807) is 7.05 Å². The number of aryl methyl sites for hydroxylation is 3. The Morgan fingerprint density at radius 1 is 1.17 bits per heavy atom. The number of nitrogens with zero attached hydrogens (tertiary/aromatic N) is 4. The monoisotopic (exact) mass is 388 g/mol. The average Bonchev–Trinajstić information content (AvgIpc) is 2.88. The molecule has 0 radical (unpaired) electrons. The van der Waals surface area contributed by atoms with Crippen molar-refractivity contribution in [2.75, 3.05) is 0 Å². The molecule has 0 saturated heterocycles. The lowest BCUT2D eigenvalue weighted by molar-refractivity contribution is 0.302. The van der Waals surface area contributed by atoms with Crippen molar-refractivity contribution in [2.45, 2.75) is 20.5 Å². The molecule has 0 amide bonds. The molecule has 0 aliphatic rings. The van der Waals surface area contributed by atoms with E-state index in [1.807, 2.05) is 50.2 Å². The Labute approximate surface area is 147 Å². The fourth-order valence-corrected chi connectivity index (χ4v) is 2.84. The number of hydrogen-bond acceptors (Lipinski definition) is 4. The zero-order chi connectivity index (χ0) is 17.3. The van der Waals surface area contributed by atoms with Crippen molar-refractivity contribution in [3.63, 3.8) is 0 Å². The van der Waals surface area contributed by atoms with Crippen LogP contribution in [-0.4, -0.2) is 19.8 Å². The highest BCUT2D eigenvalue weighted by atomic mass is 79.9. The van der Waals surface area contributed by atoms with E-state index >= 15 is 0 Å². The minimum absolute atomic E-state index is 0.305. The van der Waals surface area contributed by atoms with Crippen LogP contribution in [0.3, 0.4) is 0 Å². The van der Waals surface area contributed by atoms with Gasteiger partial charge in [0.25, 0.3) is 0 Å². The molecule has 0 saturated carbocycles. The molecule has 1 heterocycles. The number of hydrogen-bond donors (Lipinski definition) is 0. The van der Waals surface area contributed by atoms with E-state index < -0.39 is 0 Å². The van der Waals surface area contributed by atoms with E-state index in [0.717, 1.165) is 26.9 Å². The Bertz CT molecular complexity index is 946. The molecule has 124 valence electrons. The van der Waals surface area contributed by atoms with Crippen molar-refractivity contribution >= 4 is 15.9 Å². The van der Waals surface area contributed by atoms with Crippen LogP contribution in [0, 0.1) is 13.8 Å². The lowest BCUT2D eigenvalue weighted by Crippen LogP contribution is -2.23. The standard InChI is InChI=1S/C17H17BrN4O2/c1-11-7-8-12(2)16(9-11)24-10-13-14(18)5-4-6-15(13)22-17(23)21(3)19-20-22/h4-9H,10H2,1-3H3. The van der Waals surface area contributed by atoms with Gasteiger partial charge in [-0.15, -0.1) is 0 Å². The fourth-order valence-electron chi connectivity index (χ4n) is 2.37. The Morgan fingerprint density at radius 2 is 1.96 bits per heavy atom. The molecule has 0 N–H and O–H groups in total. The minimum atomic E-state index is -0.305. The molecule has 0 spiro atoms. The summed E-state index contributed by atoms with van der Waals surface area (Å²) in [6.07, 6.45) is 0. The van der Waals surface area contributed by atoms with Gasteiger partial charge < -0.3 is 4.74 Å². The third-order valence-corrected chi connectivity index (χ3v) is 4.50. The van der Waals surface area contributed by atoms with E-state index in [-0.39, 0.29) is 5.69 Å². The molecule has 0 bridgehead atoms. The van der Waals surface area contributed by atoms with E-state index in [4.69, 9.17) is 4.74 Å². The second-order valence-corrected chi connectivity index (χ2v) is 6.45. The zero-order valence-electron chi connectivity index (χ0n) is 13.7. The Morgan fingerprint density at radius 3 is 2.67 bits per heavy atom. The summed E-state index contributed by atoms with van der Waals surface area (Å²) in [6.45, 7) is 4.34. The Hall–Kier alpha value is -2.41. The van der Waals surface area contributed by atoms with Gasteiger partial charge >= 0.3 is 5.69 Å². The molecule has 7 heteroatoms. The molecule has 24 heavy (non-hydrogen) atoms. The largest absolute Gasteiger partial charge is 0.489 e. The molecule has 0 aliphatic heterocycles. The number of rotatable bonds is 4. The van der Waals surface area contributed by atoms with Crippen LogP contribution in [-0.2, 0) is 13.7 Å². The van der Waals surface area contributed by atoms with Crippen LogP contribution >= 0.6 is 15.9 Å². The van der Waals surface area contributed by atoms with Gasteiger partial charge in [0.05, 0.1) is 5.69 Å². The molecule has 1 aromatic heterocycles. The number of ether oxygens (including phenoxy) is 1. The number of halogens is 1. The van der Waals surface area contributed by atoms with Gasteiger partial charge in [0.2, 0.25) is 0 Å². The first-order valence-electron chi connectivity index (χ1n) is 7.44. The summed E-state index contributed by atoms with van der Waals surface area (Å²) in [5.41, 5.74) is 3.37. The highest BCUT2D eigenvalue weighted by Gasteiger charge is 2.14. The Kier molecular flexibility index (Phi) is 4.53. The first-order chi connectivity index (χ1) is 11.5. The van der Waals surface area contributed by atoms with Crippen molar-refractivity contribution in [1.29, 1.82) is 0 Å². The molecule has 0 fully saturated rings. The Balaban J connectivity index is 1.98. The van der Waals surface area contributed by atoms with Crippen molar-refractivity contribution in [2.24, 2.45) is 7.05 Å². The predicted molar refractivity (Wildman–Crippen MR) is 94.5 cm³/mol. The van der Waals surface area contributed by atoms with E-state index in [1.165, 1.54) is 9.36 Å². The maximum Gasteiger partial charge on any atom is 0.368 e.